The van der Waals surface area contributed by atoms with Gasteiger partial charge in [-0.15, -0.1) is 10.2 Å². The summed E-state index contributed by atoms with van der Waals surface area (Å²) in [5, 5.41) is 10.3. The van der Waals surface area contributed by atoms with E-state index >= 15 is 0 Å². The molecule has 1 aromatic rings. The summed E-state index contributed by atoms with van der Waals surface area (Å²) in [6, 6.07) is 1.47. The van der Waals surface area contributed by atoms with Crippen LogP contribution in [-0.2, 0) is 4.74 Å². The highest BCUT2D eigenvalue weighted by Crippen LogP contribution is 2.24. The van der Waals surface area contributed by atoms with Crippen molar-refractivity contribution >= 4 is 29.1 Å². The average molecular weight is 304 g/mol. The van der Waals surface area contributed by atoms with Gasteiger partial charge in [0, 0.05) is 12.6 Å². The number of nitrogens with zero attached hydrogens (tertiary/aromatic N) is 2. The normalized spacial score (nSPS) is 22.0. The van der Waals surface area contributed by atoms with E-state index in [4.69, 9.17) is 27.9 Å². The highest BCUT2D eigenvalue weighted by Gasteiger charge is 2.30. The monoisotopic (exact) mass is 303 g/mol. The summed E-state index contributed by atoms with van der Waals surface area (Å²) < 4.78 is 5.60. The molecule has 104 valence electrons. The van der Waals surface area contributed by atoms with Crippen LogP contribution in [0.1, 0.15) is 37.0 Å². The minimum Gasteiger partial charge on any atom is -0.375 e. The predicted molar refractivity (Wildman–Crippen MR) is 72.6 cm³/mol. The minimum absolute atomic E-state index is 0.0493. The van der Waals surface area contributed by atoms with Crippen LogP contribution in [0.15, 0.2) is 6.07 Å². The molecule has 7 heteroatoms. The van der Waals surface area contributed by atoms with Crippen molar-refractivity contribution in [1.82, 2.24) is 15.5 Å². The molecule has 1 atom stereocenters. The van der Waals surface area contributed by atoms with Crippen molar-refractivity contribution in [2.45, 2.75) is 38.3 Å². The van der Waals surface area contributed by atoms with E-state index in [0.717, 1.165) is 12.8 Å². The van der Waals surface area contributed by atoms with Crippen molar-refractivity contribution in [3.8, 4) is 0 Å². The summed E-state index contributed by atoms with van der Waals surface area (Å²) in [5.74, 6) is -0.287. The Hall–Kier alpha value is -0.910. The molecule has 1 amide bonds. The van der Waals surface area contributed by atoms with E-state index in [2.05, 4.69) is 15.5 Å². The van der Waals surface area contributed by atoms with Crippen molar-refractivity contribution in [2.24, 2.45) is 0 Å². The van der Waals surface area contributed by atoms with E-state index in [9.17, 15) is 4.79 Å². The van der Waals surface area contributed by atoms with Gasteiger partial charge in [0.25, 0.3) is 5.91 Å². The first-order valence-electron chi connectivity index (χ1n) is 6.01. The number of halogens is 2. The standard InChI is InChI=1S/C12H15Cl2N3O2/c1-12(2)6-7(3-4-19-12)15-11(18)8-5-9(13)16-17-10(8)14/h5,7H,3-4,6H2,1-2H3,(H,15,18). The molecule has 1 aliphatic heterocycles. The zero-order chi connectivity index (χ0) is 14.0. The maximum absolute atomic E-state index is 12.1. The SMILES string of the molecule is CC1(C)CC(NC(=O)c2cc(Cl)nnc2Cl)CCO1. The first kappa shape index (κ1) is 14.5. The second-order valence-corrected chi connectivity index (χ2v) is 5.89. The summed E-state index contributed by atoms with van der Waals surface area (Å²) in [4.78, 5) is 12.1. The molecule has 1 saturated heterocycles. The molecule has 2 heterocycles. The number of carbonyl (C=O) groups is 1. The first-order valence-corrected chi connectivity index (χ1v) is 6.76. The zero-order valence-corrected chi connectivity index (χ0v) is 12.3. The Morgan fingerprint density at radius 1 is 1.47 bits per heavy atom. The Kier molecular flexibility index (Phi) is 4.28. The molecule has 1 fully saturated rings. The second-order valence-electron chi connectivity index (χ2n) is 5.14. The summed E-state index contributed by atoms with van der Waals surface area (Å²) in [6.07, 6.45) is 1.53. The Morgan fingerprint density at radius 2 is 2.21 bits per heavy atom. The molecule has 5 nitrogen and oxygen atoms in total. The van der Waals surface area contributed by atoms with Gasteiger partial charge in [0.15, 0.2) is 10.3 Å². The maximum Gasteiger partial charge on any atom is 0.254 e. The van der Waals surface area contributed by atoms with Gasteiger partial charge < -0.3 is 10.1 Å². The van der Waals surface area contributed by atoms with Gasteiger partial charge in [-0.3, -0.25) is 4.79 Å². The van der Waals surface area contributed by atoms with Gasteiger partial charge >= 0.3 is 0 Å². The Labute approximate surface area is 121 Å². The van der Waals surface area contributed by atoms with Crippen LogP contribution in [0.3, 0.4) is 0 Å². The van der Waals surface area contributed by atoms with Gasteiger partial charge in [0.05, 0.1) is 11.2 Å². The number of aromatic nitrogens is 2. The van der Waals surface area contributed by atoms with E-state index in [0.29, 0.717) is 6.61 Å². The molecule has 1 aliphatic rings. The van der Waals surface area contributed by atoms with E-state index in [-0.39, 0.29) is 33.4 Å². The highest BCUT2D eigenvalue weighted by atomic mass is 35.5. The lowest BCUT2D eigenvalue weighted by Gasteiger charge is -2.35. The Morgan fingerprint density at radius 3 is 2.89 bits per heavy atom. The van der Waals surface area contributed by atoms with Crippen LogP contribution in [0.5, 0.6) is 0 Å². The number of nitrogens with one attached hydrogen (secondary N) is 1. The van der Waals surface area contributed by atoms with Crippen LogP contribution in [0.2, 0.25) is 10.3 Å². The van der Waals surface area contributed by atoms with Crippen molar-refractivity contribution in [1.29, 1.82) is 0 Å². The fourth-order valence-corrected chi connectivity index (χ4v) is 2.46. The number of amides is 1. The smallest absolute Gasteiger partial charge is 0.254 e. The fraction of sp³-hybridized carbons (Fsp3) is 0.583. The third-order valence-corrected chi connectivity index (χ3v) is 3.46. The second kappa shape index (κ2) is 5.61. The van der Waals surface area contributed by atoms with Crippen molar-refractivity contribution in [3.63, 3.8) is 0 Å². The van der Waals surface area contributed by atoms with Gasteiger partial charge in [0.1, 0.15) is 0 Å². The van der Waals surface area contributed by atoms with E-state index in [1.54, 1.807) is 0 Å². The van der Waals surface area contributed by atoms with Gasteiger partial charge in [-0.05, 0) is 32.8 Å². The summed E-state index contributed by atoms with van der Waals surface area (Å²) >= 11 is 11.6. The maximum atomic E-state index is 12.1. The molecule has 2 rings (SSSR count). The summed E-state index contributed by atoms with van der Waals surface area (Å²) in [5.41, 5.74) is 0.0136. The quantitative estimate of drug-likeness (QED) is 0.911. The summed E-state index contributed by atoms with van der Waals surface area (Å²) in [6.45, 7) is 4.63. The van der Waals surface area contributed by atoms with Crippen LogP contribution < -0.4 is 5.32 Å². The van der Waals surface area contributed by atoms with Crippen LogP contribution in [0, 0.1) is 0 Å². The first-order chi connectivity index (χ1) is 8.87. The molecule has 1 unspecified atom stereocenters. The van der Waals surface area contributed by atoms with E-state index < -0.39 is 0 Å². The summed E-state index contributed by atoms with van der Waals surface area (Å²) in [7, 11) is 0. The molecule has 0 aromatic carbocycles. The lowest BCUT2D eigenvalue weighted by molar-refractivity contribution is -0.0615. The molecule has 0 bridgehead atoms. The number of carbonyl (C=O) groups excluding carboxylic acids is 1. The third kappa shape index (κ3) is 3.78. The van der Waals surface area contributed by atoms with Gasteiger partial charge in [0.2, 0.25) is 0 Å². The lowest BCUT2D eigenvalue weighted by atomic mass is 9.94. The van der Waals surface area contributed by atoms with Gasteiger partial charge in [-0.25, -0.2) is 0 Å². The minimum atomic E-state index is -0.287. The van der Waals surface area contributed by atoms with Crippen molar-refractivity contribution < 1.29 is 9.53 Å². The molecule has 0 aliphatic carbocycles. The third-order valence-electron chi connectivity index (χ3n) is 3.00. The highest BCUT2D eigenvalue weighted by molar-refractivity contribution is 6.34. The molecular formula is C12H15Cl2N3O2. The lowest BCUT2D eigenvalue weighted by Crippen LogP contribution is -2.45. The average Bonchev–Trinajstić information content (AvgIpc) is 2.31. The molecule has 0 saturated carbocycles. The number of hydrogen-bond acceptors (Lipinski definition) is 4. The number of ether oxygens (including phenoxy) is 1. The number of rotatable bonds is 2. The topological polar surface area (TPSA) is 64.1 Å². The molecular weight excluding hydrogens is 289 g/mol. The Balaban J connectivity index is 2.06. The van der Waals surface area contributed by atoms with Crippen molar-refractivity contribution in [3.05, 3.63) is 21.9 Å². The molecule has 1 aromatic heterocycles. The van der Waals surface area contributed by atoms with Gasteiger partial charge in [-0.2, -0.15) is 0 Å². The van der Waals surface area contributed by atoms with Crippen LogP contribution in [0.4, 0.5) is 0 Å². The van der Waals surface area contributed by atoms with E-state index in [1.165, 1.54) is 6.07 Å². The largest absolute Gasteiger partial charge is 0.375 e. The van der Waals surface area contributed by atoms with Crippen LogP contribution in [0.25, 0.3) is 0 Å². The molecule has 0 spiro atoms. The molecule has 19 heavy (non-hydrogen) atoms. The molecule has 1 N–H and O–H groups in total. The fourth-order valence-electron chi connectivity index (χ4n) is 2.13. The van der Waals surface area contributed by atoms with E-state index in [1.807, 2.05) is 13.8 Å². The van der Waals surface area contributed by atoms with Crippen LogP contribution >= 0.6 is 23.2 Å². The van der Waals surface area contributed by atoms with Gasteiger partial charge in [-0.1, -0.05) is 23.2 Å². The number of hydrogen-bond donors (Lipinski definition) is 1. The Bertz CT molecular complexity index is 494. The van der Waals surface area contributed by atoms with Crippen LogP contribution in [-0.4, -0.2) is 34.4 Å². The molecule has 0 radical (unpaired) electrons. The predicted octanol–water partition coefficient (Wildman–Crippen LogP) is 2.47. The van der Waals surface area contributed by atoms with Crippen molar-refractivity contribution in [2.75, 3.05) is 6.61 Å². The zero-order valence-electron chi connectivity index (χ0n) is 10.7.